The van der Waals surface area contributed by atoms with E-state index in [4.69, 9.17) is 10.00 Å². The number of amides is 2. The number of hydrogen-bond donors (Lipinski definition) is 3. The van der Waals surface area contributed by atoms with Crippen LogP contribution in [0.2, 0.25) is 0 Å². The first-order chi connectivity index (χ1) is 13.3. The molecule has 1 rings (SSSR count). The third-order valence-electron chi connectivity index (χ3n) is 3.86. The van der Waals surface area contributed by atoms with Crippen LogP contribution >= 0.6 is 0 Å². The van der Waals surface area contributed by atoms with Crippen molar-refractivity contribution < 1.29 is 29.0 Å². The van der Waals surface area contributed by atoms with E-state index in [1.807, 2.05) is 12.1 Å². The second-order valence-electron chi connectivity index (χ2n) is 6.27. The molecule has 0 fully saturated rings. The van der Waals surface area contributed by atoms with Crippen molar-refractivity contribution in [3.8, 4) is 6.07 Å². The van der Waals surface area contributed by atoms with E-state index in [1.165, 1.54) is 6.92 Å². The number of alkyl carbamates (subject to hydrolysis) is 1. The molecule has 0 bridgehead atoms. The highest BCUT2D eigenvalue weighted by Gasteiger charge is 2.31. The number of benzene rings is 1. The van der Waals surface area contributed by atoms with Crippen LogP contribution in [0.3, 0.4) is 0 Å². The van der Waals surface area contributed by atoms with Crippen LogP contribution in [0.25, 0.3) is 0 Å². The molecular weight excluding hydrogens is 366 g/mol. The fourth-order valence-electron chi connectivity index (χ4n) is 2.32. The molecule has 9 nitrogen and oxygen atoms in total. The molecule has 0 radical (unpaired) electrons. The molecule has 3 N–H and O–H groups in total. The van der Waals surface area contributed by atoms with Gasteiger partial charge in [0.2, 0.25) is 5.91 Å². The minimum absolute atomic E-state index is 0.00864. The van der Waals surface area contributed by atoms with E-state index in [9.17, 15) is 19.5 Å². The Morgan fingerprint density at radius 2 is 1.82 bits per heavy atom. The fourth-order valence-corrected chi connectivity index (χ4v) is 2.32. The van der Waals surface area contributed by atoms with Crippen molar-refractivity contribution in [1.82, 2.24) is 10.6 Å². The number of aliphatic hydroxyl groups is 1. The van der Waals surface area contributed by atoms with E-state index in [1.54, 1.807) is 31.2 Å². The lowest BCUT2D eigenvalue weighted by molar-refractivity contribution is -0.146. The Bertz CT molecular complexity index is 701. The lowest BCUT2D eigenvalue weighted by atomic mass is 10.0. The van der Waals surface area contributed by atoms with E-state index < -0.39 is 42.1 Å². The summed E-state index contributed by atoms with van der Waals surface area (Å²) < 4.78 is 9.67. The smallest absolute Gasteiger partial charge is 0.408 e. The predicted octanol–water partition coefficient (Wildman–Crippen LogP) is 0.870. The van der Waals surface area contributed by atoms with Crippen LogP contribution in [-0.2, 0) is 25.7 Å². The van der Waals surface area contributed by atoms with Gasteiger partial charge in [-0.3, -0.25) is 4.79 Å². The molecular formula is C19H25N3O6. The number of ether oxygens (including phenoxy) is 2. The average Bonchev–Trinajstić information content (AvgIpc) is 2.69. The molecule has 0 aliphatic heterocycles. The predicted molar refractivity (Wildman–Crippen MR) is 98.6 cm³/mol. The molecule has 0 aliphatic rings. The van der Waals surface area contributed by atoms with Crippen molar-refractivity contribution in [3.63, 3.8) is 0 Å². The molecule has 2 amide bonds. The van der Waals surface area contributed by atoms with E-state index in [0.29, 0.717) is 0 Å². The van der Waals surface area contributed by atoms with Crippen molar-refractivity contribution in [1.29, 1.82) is 5.26 Å². The molecule has 152 valence electrons. The normalized spacial score (nSPS) is 14.5. The number of esters is 1. The zero-order valence-corrected chi connectivity index (χ0v) is 16.0. The van der Waals surface area contributed by atoms with Gasteiger partial charge in [-0.15, -0.1) is 0 Å². The van der Waals surface area contributed by atoms with Gasteiger partial charge in [0.1, 0.15) is 18.7 Å². The number of carbonyl (C=O) groups excluding carboxylic acids is 3. The minimum atomic E-state index is -1.35. The Balaban J connectivity index is 2.71. The van der Waals surface area contributed by atoms with Gasteiger partial charge < -0.3 is 25.2 Å². The van der Waals surface area contributed by atoms with Crippen LogP contribution in [-0.4, -0.2) is 48.4 Å². The number of carbonyl (C=O) groups is 3. The third kappa shape index (κ3) is 7.63. The molecule has 1 aromatic rings. The molecule has 0 spiro atoms. The molecule has 0 aliphatic carbocycles. The summed E-state index contributed by atoms with van der Waals surface area (Å²) in [6.07, 6.45) is -2.12. The molecule has 9 heteroatoms. The second-order valence-corrected chi connectivity index (χ2v) is 6.27. The number of rotatable bonds is 9. The zero-order valence-electron chi connectivity index (χ0n) is 16.0. The van der Waals surface area contributed by atoms with Crippen molar-refractivity contribution in [2.75, 3.05) is 7.11 Å². The first-order valence-corrected chi connectivity index (χ1v) is 8.71. The van der Waals surface area contributed by atoms with Crippen LogP contribution in [0.5, 0.6) is 0 Å². The van der Waals surface area contributed by atoms with Gasteiger partial charge >= 0.3 is 12.1 Å². The standard InChI is InChI=1S/C19H25N3O6/c1-12(10-20)9-15(18(25)27-3)21-17(24)16(13(2)23)22-19(26)28-11-14-7-5-4-6-8-14/h4-8,12-13,15-16,23H,9,11H2,1-3H3,(H,21,24)(H,22,26)/t12-,13+,15+,16-/m0/s1. The summed E-state index contributed by atoms with van der Waals surface area (Å²) >= 11 is 0. The first-order valence-electron chi connectivity index (χ1n) is 8.71. The summed E-state index contributed by atoms with van der Waals surface area (Å²) in [5, 5.41) is 23.4. The summed E-state index contributed by atoms with van der Waals surface area (Å²) in [7, 11) is 1.16. The molecule has 0 heterocycles. The van der Waals surface area contributed by atoms with Gasteiger partial charge in [-0.2, -0.15) is 5.26 Å². The van der Waals surface area contributed by atoms with Gasteiger partial charge in [-0.05, 0) is 25.8 Å². The minimum Gasteiger partial charge on any atom is -0.467 e. The topological polar surface area (TPSA) is 138 Å². The molecule has 1 aromatic carbocycles. The number of nitrogens with zero attached hydrogens (tertiary/aromatic N) is 1. The lowest BCUT2D eigenvalue weighted by Crippen LogP contribution is -2.56. The highest BCUT2D eigenvalue weighted by Crippen LogP contribution is 2.08. The van der Waals surface area contributed by atoms with Gasteiger partial charge in [0.25, 0.3) is 0 Å². The van der Waals surface area contributed by atoms with Crippen LogP contribution in [0.1, 0.15) is 25.8 Å². The molecule has 4 atom stereocenters. The van der Waals surface area contributed by atoms with Crippen molar-refractivity contribution in [2.45, 2.75) is 45.1 Å². The van der Waals surface area contributed by atoms with E-state index in [0.717, 1.165) is 12.7 Å². The molecule has 0 unspecified atom stereocenters. The van der Waals surface area contributed by atoms with Gasteiger partial charge in [0.15, 0.2) is 0 Å². The summed E-state index contributed by atoms with van der Waals surface area (Å²) in [5.74, 6) is -2.04. The largest absolute Gasteiger partial charge is 0.467 e. The van der Waals surface area contributed by atoms with Gasteiger partial charge in [0, 0.05) is 5.92 Å². The summed E-state index contributed by atoms with van der Waals surface area (Å²) in [5.41, 5.74) is 0.756. The SMILES string of the molecule is COC(=O)[C@@H](C[C@H](C)C#N)NC(=O)[C@@H](NC(=O)OCc1ccccc1)[C@@H](C)O. The molecule has 28 heavy (non-hydrogen) atoms. The highest BCUT2D eigenvalue weighted by atomic mass is 16.5. The lowest BCUT2D eigenvalue weighted by Gasteiger charge is -2.24. The maximum Gasteiger partial charge on any atom is 0.408 e. The number of aliphatic hydroxyl groups excluding tert-OH is 1. The van der Waals surface area contributed by atoms with Crippen LogP contribution in [0.4, 0.5) is 4.79 Å². The first kappa shape index (κ1) is 22.9. The Labute approximate surface area is 163 Å². The van der Waals surface area contributed by atoms with Crippen molar-refractivity contribution in [2.24, 2.45) is 5.92 Å². The third-order valence-corrected chi connectivity index (χ3v) is 3.86. The van der Waals surface area contributed by atoms with Crippen LogP contribution in [0.15, 0.2) is 30.3 Å². The number of hydrogen-bond acceptors (Lipinski definition) is 7. The van der Waals surface area contributed by atoms with E-state index >= 15 is 0 Å². The Morgan fingerprint density at radius 3 is 2.36 bits per heavy atom. The van der Waals surface area contributed by atoms with Gasteiger partial charge in [-0.25, -0.2) is 9.59 Å². The number of nitriles is 1. The molecule has 0 aromatic heterocycles. The van der Waals surface area contributed by atoms with Crippen molar-refractivity contribution >= 4 is 18.0 Å². The van der Waals surface area contributed by atoms with Crippen molar-refractivity contribution in [3.05, 3.63) is 35.9 Å². The van der Waals surface area contributed by atoms with Gasteiger partial charge in [-0.1, -0.05) is 30.3 Å². The van der Waals surface area contributed by atoms with Crippen LogP contribution in [0, 0.1) is 17.2 Å². The van der Waals surface area contributed by atoms with E-state index in [-0.39, 0.29) is 13.0 Å². The molecule has 0 saturated carbocycles. The quantitative estimate of drug-likeness (QED) is 0.531. The number of nitrogens with one attached hydrogen (secondary N) is 2. The van der Waals surface area contributed by atoms with Crippen LogP contribution < -0.4 is 10.6 Å². The fraction of sp³-hybridized carbons (Fsp3) is 0.474. The maximum absolute atomic E-state index is 12.5. The van der Waals surface area contributed by atoms with E-state index in [2.05, 4.69) is 15.4 Å². The monoisotopic (exact) mass is 391 g/mol. The Kier molecular flexibility index (Phi) is 9.47. The second kappa shape index (κ2) is 11.6. The van der Waals surface area contributed by atoms with Gasteiger partial charge in [0.05, 0.1) is 19.3 Å². The summed E-state index contributed by atoms with van der Waals surface area (Å²) in [4.78, 5) is 36.3. The summed E-state index contributed by atoms with van der Waals surface area (Å²) in [6, 6.07) is 8.46. The average molecular weight is 391 g/mol. The Hall–Kier alpha value is -3.12. The summed E-state index contributed by atoms with van der Waals surface area (Å²) in [6.45, 7) is 2.89. The Morgan fingerprint density at radius 1 is 1.18 bits per heavy atom. The maximum atomic E-state index is 12.5. The molecule has 0 saturated heterocycles. The highest BCUT2D eigenvalue weighted by molar-refractivity contribution is 5.90. The zero-order chi connectivity index (χ0) is 21.1. The number of methoxy groups -OCH3 is 1.